The largest absolute Gasteiger partial charge is 0.508 e. The van der Waals surface area contributed by atoms with Crippen molar-refractivity contribution in [3.63, 3.8) is 0 Å². The summed E-state index contributed by atoms with van der Waals surface area (Å²) >= 11 is 0.836. The maximum Gasteiger partial charge on any atom is 0.294 e. The van der Waals surface area contributed by atoms with Crippen LogP contribution in [0.2, 0.25) is 0 Å². The molecule has 0 saturated carbocycles. The normalized spacial score (nSPS) is 15.4. The Hall–Kier alpha value is -3.06. The molecule has 1 saturated heterocycles. The standard InChI is InChI=1S/C20H18N2O4S/c23-16-8-6-14(7-9-16)10-11-21-18(24)13-22-19(25)17(27-20(22)26)12-15-4-2-1-3-5-15/h1-9,12,23H,10-11,13H2,(H,21,24). The molecule has 0 aliphatic carbocycles. The summed E-state index contributed by atoms with van der Waals surface area (Å²) in [5.41, 5.74) is 1.78. The Kier molecular flexibility index (Phi) is 5.93. The number of phenolic OH excluding ortho intramolecular Hbond substituents is 1. The highest BCUT2D eigenvalue weighted by molar-refractivity contribution is 8.18. The average Bonchev–Trinajstić information content (AvgIpc) is 2.92. The first-order chi connectivity index (χ1) is 13.0. The maximum atomic E-state index is 12.4. The molecule has 1 aliphatic rings. The first-order valence-electron chi connectivity index (χ1n) is 8.38. The van der Waals surface area contributed by atoms with Crippen LogP contribution in [0, 0.1) is 0 Å². The Morgan fingerprint density at radius 1 is 1.07 bits per heavy atom. The molecular weight excluding hydrogens is 364 g/mol. The monoisotopic (exact) mass is 382 g/mol. The first-order valence-corrected chi connectivity index (χ1v) is 9.19. The summed E-state index contributed by atoms with van der Waals surface area (Å²) in [4.78, 5) is 37.8. The Bertz CT molecular complexity index is 879. The predicted octanol–water partition coefficient (Wildman–Crippen LogP) is 2.79. The third-order valence-corrected chi connectivity index (χ3v) is 4.85. The molecule has 0 spiro atoms. The number of aromatic hydroxyl groups is 1. The van der Waals surface area contributed by atoms with Gasteiger partial charge in [-0.1, -0.05) is 42.5 Å². The van der Waals surface area contributed by atoms with Crippen molar-refractivity contribution in [3.05, 3.63) is 70.6 Å². The van der Waals surface area contributed by atoms with E-state index in [9.17, 15) is 19.5 Å². The molecule has 0 atom stereocenters. The van der Waals surface area contributed by atoms with Gasteiger partial charge in [0.1, 0.15) is 12.3 Å². The van der Waals surface area contributed by atoms with Crippen molar-refractivity contribution in [1.29, 1.82) is 0 Å². The lowest BCUT2D eigenvalue weighted by Crippen LogP contribution is -2.40. The van der Waals surface area contributed by atoms with Crippen LogP contribution in [0.5, 0.6) is 5.75 Å². The van der Waals surface area contributed by atoms with Crippen molar-refractivity contribution in [2.24, 2.45) is 0 Å². The molecule has 2 N–H and O–H groups in total. The zero-order chi connectivity index (χ0) is 19.2. The van der Waals surface area contributed by atoms with Crippen LogP contribution in [0.15, 0.2) is 59.5 Å². The number of phenols is 1. The number of thioether (sulfide) groups is 1. The number of imide groups is 1. The zero-order valence-corrected chi connectivity index (χ0v) is 15.2. The molecule has 1 heterocycles. The summed E-state index contributed by atoms with van der Waals surface area (Å²) in [6.45, 7) is 0.0755. The number of rotatable bonds is 6. The summed E-state index contributed by atoms with van der Waals surface area (Å²) in [5, 5.41) is 11.5. The third-order valence-electron chi connectivity index (χ3n) is 3.94. The van der Waals surface area contributed by atoms with Crippen molar-refractivity contribution in [3.8, 4) is 5.75 Å². The van der Waals surface area contributed by atoms with E-state index < -0.39 is 17.1 Å². The van der Waals surface area contributed by atoms with Crippen molar-refractivity contribution in [2.45, 2.75) is 6.42 Å². The number of carbonyl (C=O) groups is 3. The number of benzene rings is 2. The van der Waals surface area contributed by atoms with Crippen LogP contribution in [0.3, 0.4) is 0 Å². The van der Waals surface area contributed by atoms with Gasteiger partial charge in [0.05, 0.1) is 4.91 Å². The van der Waals surface area contributed by atoms with Crippen molar-refractivity contribution >= 4 is 34.9 Å². The van der Waals surface area contributed by atoms with Gasteiger partial charge < -0.3 is 10.4 Å². The lowest BCUT2D eigenvalue weighted by Gasteiger charge is -2.12. The van der Waals surface area contributed by atoms with Crippen LogP contribution in [-0.4, -0.2) is 40.1 Å². The minimum Gasteiger partial charge on any atom is -0.508 e. The molecule has 0 unspecified atom stereocenters. The number of nitrogens with one attached hydrogen (secondary N) is 1. The van der Waals surface area contributed by atoms with Crippen LogP contribution >= 0.6 is 11.8 Å². The summed E-state index contributed by atoms with van der Waals surface area (Å²) < 4.78 is 0. The average molecular weight is 382 g/mol. The number of carbonyl (C=O) groups excluding carboxylic acids is 3. The highest BCUT2D eigenvalue weighted by atomic mass is 32.2. The topological polar surface area (TPSA) is 86.7 Å². The Morgan fingerprint density at radius 2 is 1.78 bits per heavy atom. The molecule has 0 aromatic heterocycles. The van der Waals surface area contributed by atoms with Crippen LogP contribution in [0.25, 0.3) is 6.08 Å². The number of hydrogen-bond acceptors (Lipinski definition) is 5. The highest BCUT2D eigenvalue weighted by Gasteiger charge is 2.36. The molecule has 1 fully saturated rings. The number of amides is 3. The summed E-state index contributed by atoms with van der Waals surface area (Å²) in [6, 6.07) is 15.9. The van der Waals surface area contributed by atoms with Crippen LogP contribution in [0.1, 0.15) is 11.1 Å². The van der Waals surface area contributed by atoms with Gasteiger partial charge in [0, 0.05) is 6.54 Å². The van der Waals surface area contributed by atoms with Crippen molar-refractivity contribution < 1.29 is 19.5 Å². The van der Waals surface area contributed by atoms with Gasteiger partial charge in [0.15, 0.2) is 0 Å². The summed E-state index contributed by atoms with van der Waals surface area (Å²) in [6.07, 6.45) is 2.23. The Balaban J connectivity index is 1.53. The van der Waals surface area contributed by atoms with E-state index in [1.165, 1.54) is 0 Å². The molecule has 3 amide bonds. The van der Waals surface area contributed by atoms with Gasteiger partial charge in [-0.2, -0.15) is 0 Å². The minimum absolute atomic E-state index is 0.186. The van der Waals surface area contributed by atoms with Gasteiger partial charge in [0.2, 0.25) is 5.91 Å². The number of hydrogen-bond donors (Lipinski definition) is 2. The smallest absolute Gasteiger partial charge is 0.294 e. The zero-order valence-electron chi connectivity index (χ0n) is 14.4. The van der Waals surface area contributed by atoms with E-state index in [2.05, 4.69) is 5.32 Å². The fraction of sp³-hybridized carbons (Fsp3) is 0.150. The van der Waals surface area contributed by atoms with E-state index in [-0.39, 0.29) is 12.3 Å². The molecular formula is C20H18N2O4S. The van der Waals surface area contributed by atoms with Gasteiger partial charge in [0.25, 0.3) is 11.1 Å². The molecule has 2 aromatic rings. The molecule has 7 heteroatoms. The second kappa shape index (κ2) is 8.55. The van der Waals surface area contributed by atoms with Crippen molar-refractivity contribution in [1.82, 2.24) is 10.2 Å². The molecule has 2 aromatic carbocycles. The van der Waals surface area contributed by atoms with E-state index in [1.807, 2.05) is 30.3 Å². The molecule has 0 radical (unpaired) electrons. The second-order valence-corrected chi connectivity index (χ2v) is 6.94. The highest BCUT2D eigenvalue weighted by Crippen LogP contribution is 2.31. The van der Waals surface area contributed by atoms with E-state index in [1.54, 1.807) is 30.3 Å². The van der Waals surface area contributed by atoms with Crippen LogP contribution < -0.4 is 5.32 Å². The molecule has 6 nitrogen and oxygen atoms in total. The van der Waals surface area contributed by atoms with Crippen LogP contribution in [-0.2, 0) is 16.0 Å². The molecule has 0 bridgehead atoms. The second-order valence-electron chi connectivity index (χ2n) is 5.94. The van der Waals surface area contributed by atoms with Crippen LogP contribution in [0.4, 0.5) is 4.79 Å². The quantitative estimate of drug-likeness (QED) is 0.751. The lowest BCUT2D eigenvalue weighted by atomic mass is 10.1. The minimum atomic E-state index is -0.456. The van der Waals surface area contributed by atoms with Gasteiger partial charge in [-0.25, -0.2) is 0 Å². The number of nitrogens with zero attached hydrogens (tertiary/aromatic N) is 1. The first kappa shape index (κ1) is 18.7. The molecule has 3 rings (SSSR count). The van der Waals surface area contributed by atoms with E-state index in [0.29, 0.717) is 17.9 Å². The molecule has 27 heavy (non-hydrogen) atoms. The van der Waals surface area contributed by atoms with E-state index in [0.717, 1.165) is 27.8 Å². The van der Waals surface area contributed by atoms with Gasteiger partial charge in [-0.15, -0.1) is 0 Å². The molecule has 1 aliphatic heterocycles. The van der Waals surface area contributed by atoms with E-state index in [4.69, 9.17) is 0 Å². The summed E-state index contributed by atoms with van der Waals surface area (Å²) in [5.74, 6) is -0.662. The maximum absolute atomic E-state index is 12.4. The lowest BCUT2D eigenvalue weighted by molar-refractivity contribution is -0.129. The molecule has 138 valence electrons. The van der Waals surface area contributed by atoms with Crippen molar-refractivity contribution in [2.75, 3.05) is 13.1 Å². The Labute approximate surface area is 160 Å². The van der Waals surface area contributed by atoms with E-state index >= 15 is 0 Å². The fourth-order valence-corrected chi connectivity index (χ4v) is 3.38. The van der Waals surface area contributed by atoms with Gasteiger partial charge in [-0.3, -0.25) is 19.3 Å². The Morgan fingerprint density at radius 3 is 2.48 bits per heavy atom. The predicted molar refractivity (Wildman–Crippen MR) is 104 cm³/mol. The van der Waals surface area contributed by atoms with Gasteiger partial charge in [-0.05, 0) is 47.5 Å². The SMILES string of the molecule is O=C(CN1C(=O)SC(=Cc2ccccc2)C1=O)NCCc1ccc(O)cc1. The third kappa shape index (κ3) is 4.98. The summed E-state index contributed by atoms with van der Waals surface area (Å²) in [7, 11) is 0. The fourth-order valence-electron chi connectivity index (χ4n) is 2.55. The van der Waals surface area contributed by atoms with Gasteiger partial charge >= 0.3 is 0 Å².